The summed E-state index contributed by atoms with van der Waals surface area (Å²) in [5, 5.41) is 8.62. The molecule has 0 atom stereocenters. The molecule has 0 saturated carbocycles. The zero-order valence-electron chi connectivity index (χ0n) is 7.92. The Labute approximate surface area is 85.6 Å². The Balaban J connectivity index is 0.000000921. The molecular weight excluding hydrogens is 209 g/mol. The number of aliphatic hydroxyl groups is 1. The molecule has 1 N–H and O–H groups in total. The summed E-state index contributed by atoms with van der Waals surface area (Å²) >= 11 is 0. The Kier molecular flexibility index (Phi) is 6.21. The normalized spacial score (nSPS) is 9.40. The second-order valence-corrected chi connectivity index (χ2v) is 2.30. The Morgan fingerprint density at radius 1 is 1.33 bits per heavy atom. The van der Waals surface area contributed by atoms with Gasteiger partial charge in [0.1, 0.15) is 0 Å². The molecule has 84 valence electrons. The van der Waals surface area contributed by atoms with Gasteiger partial charge >= 0.3 is 6.61 Å². The van der Waals surface area contributed by atoms with E-state index in [1.165, 1.54) is 6.07 Å². The van der Waals surface area contributed by atoms with E-state index in [0.29, 0.717) is 5.56 Å². The van der Waals surface area contributed by atoms with Crippen LogP contribution in [0.1, 0.15) is 5.56 Å². The van der Waals surface area contributed by atoms with Gasteiger partial charge in [-0.3, -0.25) is 0 Å². The monoisotopic (exact) mass is 220 g/mol. The predicted octanol–water partition coefficient (Wildman–Crippen LogP) is 2.72. The average molecular weight is 220 g/mol. The van der Waals surface area contributed by atoms with Crippen LogP contribution in [-0.2, 0) is 6.61 Å². The van der Waals surface area contributed by atoms with E-state index in [2.05, 4.69) is 17.9 Å². The van der Waals surface area contributed by atoms with Crippen molar-refractivity contribution in [2.24, 2.45) is 0 Å². The van der Waals surface area contributed by atoms with E-state index >= 15 is 0 Å². The largest absolute Gasteiger partial charge is 0.432 e. The van der Waals surface area contributed by atoms with Crippen LogP contribution in [0.4, 0.5) is 13.2 Å². The number of benzene rings is 1. The summed E-state index contributed by atoms with van der Waals surface area (Å²) in [4.78, 5) is 0. The van der Waals surface area contributed by atoms with Crippen LogP contribution in [0.3, 0.4) is 0 Å². The molecule has 0 aliphatic heterocycles. The lowest BCUT2D eigenvalue weighted by atomic mass is 10.2. The van der Waals surface area contributed by atoms with Gasteiger partial charge in [-0.25, -0.2) is 4.39 Å². The van der Waals surface area contributed by atoms with Gasteiger partial charge < -0.3 is 9.84 Å². The van der Waals surface area contributed by atoms with Gasteiger partial charge in [0.2, 0.25) is 0 Å². The number of alkyl halides is 2. The molecule has 0 saturated heterocycles. The summed E-state index contributed by atoms with van der Waals surface area (Å²) in [5.74, 6) is -1.43. The highest BCUT2D eigenvalue weighted by Crippen LogP contribution is 2.20. The molecule has 2 nitrogen and oxygen atoms in total. The molecular formula is C10H11F3O2. The van der Waals surface area contributed by atoms with Crippen molar-refractivity contribution in [1.82, 2.24) is 0 Å². The first-order chi connectivity index (χ1) is 7.13. The molecule has 0 aliphatic carbocycles. The van der Waals surface area contributed by atoms with E-state index in [-0.39, 0.29) is 6.61 Å². The summed E-state index contributed by atoms with van der Waals surface area (Å²) < 4.78 is 40.0. The van der Waals surface area contributed by atoms with Crippen LogP contribution < -0.4 is 4.74 Å². The maximum Gasteiger partial charge on any atom is 0.387 e. The average Bonchev–Trinajstić information content (AvgIpc) is 2.23. The van der Waals surface area contributed by atoms with Crippen LogP contribution in [0.25, 0.3) is 0 Å². The molecule has 0 aromatic heterocycles. The predicted molar refractivity (Wildman–Crippen MR) is 50.2 cm³/mol. The van der Waals surface area contributed by atoms with Gasteiger partial charge in [-0.2, -0.15) is 8.78 Å². The van der Waals surface area contributed by atoms with Crippen molar-refractivity contribution >= 4 is 0 Å². The third-order valence-electron chi connectivity index (χ3n) is 1.39. The second kappa shape index (κ2) is 6.89. The molecule has 0 amide bonds. The maximum absolute atomic E-state index is 12.7. The number of aliphatic hydroxyl groups excluding tert-OH is 1. The topological polar surface area (TPSA) is 29.5 Å². The zero-order chi connectivity index (χ0) is 11.8. The SMILES string of the molecule is C=C.OCc1ccc(F)c(OC(F)F)c1. The maximum atomic E-state index is 12.7. The first-order valence-corrected chi connectivity index (χ1v) is 3.97. The van der Waals surface area contributed by atoms with Crippen molar-refractivity contribution in [3.63, 3.8) is 0 Å². The van der Waals surface area contributed by atoms with Crippen molar-refractivity contribution in [3.05, 3.63) is 42.7 Å². The molecule has 1 aromatic carbocycles. The van der Waals surface area contributed by atoms with E-state index in [1.54, 1.807) is 0 Å². The highest BCUT2D eigenvalue weighted by atomic mass is 19.3. The number of ether oxygens (including phenoxy) is 1. The highest BCUT2D eigenvalue weighted by Gasteiger charge is 2.09. The highest BCUT2D eigenvalue weighted by molar-refractivity contribution is 5.29. The molecule has 15 heavy (non-hydrogen) atoms. The molecule has 0 bridgehead atoms. The molecule has 1 rings (SSSR count). The molecule has 1 aromatic rings. The van der Waals surface area contributed by atoms with E-state index in [1.807, 2.05) is 0 Å². The quantitative estimate of drug-likeness (QED) is 0.793. The fourth-order valence-corrected chi connectivity index (χ4v) is 0.832. The number of halogens is 3. The molecule has 0 fully saturated rings. The minimum atomic E-state index is -3.07. The standard InChI is InChI=1S/C8H7F3O2.C2H4/c9-6-2-1-5(4-12)3-7(6)13-8(10)11;1-2/h1-3,8,12H,4H2;1-2H2. The van der Waals surface area contributed by atoms with Gasteiger partial charge in [0.15, 0.2) is 11.6 Å². The molecule has 0 spiro atoms. The minimum absolute atomic E-state index is 0.317. The van der Waals surface area contributed by atoms with Gasteiger partial charge in [-0.1, -0.05) is 6.07 Å². The van der Waals surface area contributed by atoms with Crippen molar-refractivity contribution < 1.29 is 23.0 Å². The van der Waals surface area contributed by atoms with Gasteiger partial charge in [0.05, 0.1) is 6.61 Å². The first kappa shape index (κ1) is 13.5. The number of rotatable bonds is 3. The molecule has 0 radical (unpaired) electrons. The van der Waals surface area contributed by atoms with Crippen LogP contribution in [0.5, 0.6) is 5.75 Å². The Bertz CT molecular complexity index is 303. The Morgan fingerprint density at radius 3 is 2.40 bits per heavy atom. The van der Waals surface area contributed by atoms with Crippen molar-refractivity contribution in [2.75, 3.05) is 0 Å². The van der Waals surface area contributed by atoms with Crippen LogP contribution >= 0.6 is 0 Å². The van der Waals surface area contributed by atoms with E-state index in [9.17, 15) is 13.2 Å². The van der Waals surface area contributed by atoms with Crippen molar-refractivity contribution in [2.45, 2.75) is 13.2 Å². The van der Waals surface area contributed by atoms with Crippen LogP contribution in [-0.4, -0.2) is 11.7 Å². The third-order valence-corrected chi connectivity index (χ3v) is 1.39. The summed E-state index contributed by atoms with van der Waals surface area (Å²) in [6, 6.07) is 3.28. The van der Waals surface area contributed by atoms with E-state index in [4.69, 9.17) is 5.11 Å². The smallest absolute Gasteiger partial charge is 0.387 e. The van der Waals surface area contributed by atoms with Gasteiger partial charge in [0.25, 0.3) is 0 Å². The fourth-order valence-electron chi connectivity index (χ4n) is 0.832. The van der Waals surface area contributed by atoms with Crippen LogP contribution in [0, 0.1) is 5.82 Å². The van der Waals surface area contributed by atoms with Crippen LogP contribution in [0.15, 0.2) is 31.4 Å². The van der Waals surface area contributed by atoms with E-state index < -0.39 is 18.2 Å². The number of hydrogen-bond acceptors (Lipinski definition) is 2. The van der Waals surface area contributed by atoms with Crippen molar-refractivity contribution in [3.8, 4) is 5.75 Å². The van der Waals surface area contributed by atoms with Gasteiger partial charge in [-0.15, -0.1) is 13.2 Å². The summed E-state index contributed by atoms with van der Waals surface area (Å²) in [6.07, 6.45) is 0. The Hall–Kier alpha value is -1.49. The molecule has 0 aliphatic rings. The zero-order valence-corrected chi connectivity index (χ0v) is 7.92. The fraction of sp³-hybridized carbons (Fsp3) is 0.200. The first-order valence-electron chi connectivity index (χ1n) is 3.97. The second-order valence-electron chi connectivity index (χ2n) is 2.30. The lowest BCUT2D eigenvalue weighted by molar-refractivity contribution is -0.0522. The number of hydrogen-bond donors (Lipinski definition) is 1. The molecule has 0 unspecified atom stereocenters. The van der Waals surface area contributed by atoms with Gasteiger partial charge in [0, 0.05) is 0 Å². The molecule has 0 heterocycles. The third kappa shape index (κ3) is 4.51. The summed E-state index contributed by atoms with van der Waals surface area (Å²) in [5.41, 5.74) is 0.317. The summed E-state index contributed by atoms with van der Waals surface area (Å²) in [6.45, 7) is 2.59. The lowest BCUT2D eigenvalue weighted by Gasteiger charge is -2.06. The minimum Gasteiger partial charge on any atom is -0.432 e. The lowest BCUT2D eigenvalue weighted by Crippen LogP contribution is -2.04. The Morgan fingerprint density at radius 2 is 1.93 bits per heavy atom. The summed E-state index contributed by atoms with van der Waals surface area (Å²) in [7, 11) is 0. The molecule has 5 heteroatoms. The van der Waals surface area contributed by atoms with Gasteiger partial charge in [-0.05, 0) is 17.7 Å². The van der Waals surface area contributed by atoms with Crippen molar-refractivity contribution in [1.29, 1.82) is 0 Å². The van der Waals surface area contributed by atoms with E-state index in [0.717, 1.165) is 12.1 Å². The van der Waals surface area contributed by atoms with Crippen LogP contribution in [0.2, 0.25) is 0 Å².